The third-order valence-corrected chi connectivity index (χ3v) is 4.58. The Morgan fingerprint density at radius 1 is 1.23 bits per heavy atom. The summed E-state index contributed by atoms with van der Waals surface area (Å²) in [5, 5.41) is 5.17. The molecule has 7 heteroatoms. The van der Waals surface area contributed by atoms with Gasteiger partial charge in [-0.15, -0.1) is 11.3 Å². The minimum Gasteiger partial charge on any atom is -0.382 e. The van der Waals surface area contributed by atoms with Gasteiger partial charge in [0.05, 0.1) is 5.69 Å². The zero-order valence-corrected chi connectivity index (χ0v) is 16.3. The van der Waals surface area contributed by atoms with Crippen LogP contribution in [0.5, 0.6) is 0 Å². The number of aryl methyl sites for hydroxylation is 2. The molecule has 1 N–H and O–H groups in total. The molecule has 140 valence electrons. The van der Waals surface area contributed by atoms with Crippen LogP contribution in [0.15, 0.2) is 29.6 Å². The molecule has 0 bridgehead atoms. The lowest BCUT2D eigenvalue weighted by molar-refractivity contribution is -0.116. The van der Waals surface area contributed by atoms with E-state index in [1.807, 2.05) is 38.3 Å². The van der Waals surface area contributed by atoms with E-state index >= 15 is 0 Å². The van der Waals surface area contributed by atoms with Crippen molar-refractivity contribution in [3.05, 3.63) is 46.5 Å². The number of anilines is 1. The van der Waals surface area contributed by atoms with E-state index in [1.54, 1.807) is 17.0 Å². The standard InChI is InChI=1S/C19H25N3O3S/c1-4-25-11-5-10-22(18(24)16-8-6-14(2)7-9-16)12-17(23)21-19-20-15(3)13-26-19/h6-9,13H,4-5,10-12H2,1-3H3,(H,20,21,23). The molecule has 0 saturated carbocycles. The second kappa shape index (κ2) is 10.0. The monoisotopic (exact) mass is 375 g/mol. The Bertz CT molecular complexity index is 728. The lowest BCUT2D eigenvalue weighted by atomic mass is 10.1. The second-order valence-corrected chi connectivity index (χ2v) is 6.84. The van der Waals surface area contributed by atoms with E-state index in [0.29, 0.717) is 36.9 Å². The van der Waals surface area contributed by atoms with Crippen molar-refractivity contribution < 1.29 is 14.3 Å². The Labute approximate surface area is 158 Å². The fourth-order valence-corrected chi connectivity index (χ4v) is 3.08. The van der Waals surface area contributed by atoms with Gasteiger partial charge in [-0.1, -0.05) is 17.7 Å². The van der Waals surface area contributed by atoms with Crippen molar-refractivity contribution in [3.8, 4) is 0 Å². The van der Waals surface area contributed by atoms with E-state index in [-0.39, 0.29) is 18.4 Å². The SMILES string of the molecule is CCOCCCN(CC(=O)Nc1nc(C)cs1)C(=O)c1ccc(C)cc1. The quantitative estimate of drug-likeness (QED) is 0.683. The molecule has 0 fully saturated rings. The number of hydrogen-bond acceptors (Lipinski definition) is 5. The summed E-state index contributed by atoms with van der Waals surface area (Å²) in [6, 6.07) is 7.36. The van der Waals surface area contributed by atoms with Crippen LogP contribution in [0, 0.1) is 13.8 Å². The first-order chi connectivity index (χ1) is 12.5. The van der Waals surface area contributed by atoms with Crippen molar-refractivity contribution in [1.82, 2.24) is 9.88 Å². The summed E-state index contributed by atoms with van der Waals surface area (Å²) in [6.07, 6.45) is 0.676. The number of thiazole rings is 1. The Morgan fingerprint density at radius 3 is 2.58 bits per heavy atom. The minimum absolute atomic E-state index is 0.0164. The maximum absolute atomic E-state index is 12.8. The number of benzene rings is 1. The normalized spacial score (nSPS) is 10.6. The molecule has 1 aromatic heterocycles. The van der Waals surface area contributed by atoms with Crippen LogP contribution < -0.4 is 5.32 Å². The van der Waals surface area contributed by atoms with E-state index in [1.165, 1.54) is 11.3 Å². The van der Waals surface area contributed by atoms with E-state index in [2.05, 4.69) is 10.3 Å². The molecule has 0 aliphatic heterocycles. The van der Waals surface area contributed by atoms with Crippen LogP contribution in [0.25, 0.3) is 0 Å². The molecule has 26 heavy (non-hydrogen) atoms. The number of carbonyl (C=O) groups is 2. The maximum atomic E-state index is 12.8. The van der Waals surface area contributed by atoms with Gasteiger partial charge in [-0.05, 0) is 39.3 Å². The Balaban J connectivity index is 2.02. The Kier molecular flexibility index (Phi) is 7.74. The zero-order valence-electron chi connectivity index (χ0n) is 15.4. The van der Waals surface area contributed by atoms with Gasteiger partial charge in [-0.25, -0.2) is 4.98 Å². The van der Waals surface area contributed by atoms with Crippen LogP contribution in [0.4, 0.5) is 5.13 Å². The number of nitrogens with zero attached hydrogens (tertiary/aromatic N) is 2. The highest BCUT2D eigenvalue weighted by molar-refractivity contribution is 7.13. The van der Waals surface area contributed by atoms with Crippen LogP contribution in [0.2, 0.25) is 0 Å². The van der Waals surface area contributed by atoms with Crippen molar-refractivity contribution in [3.63, 3.8) is 0 Å². The summed E-state index contributed by atoms with van der Waals surface area (Å²) in [5.41, 5.74) is 2.51. The zero-order chi connectivity index (χ0) is 18.9. The number of carbonyl (C=O) groups excluding carboxylic acids is 2. The molecule has 1 aromatic carbocycles. The summed E-state index contributed by atoms with van der Waals surface area (Å²) < 4.78 is 5.34. The summed E-state index contributed by atoms with van der Waals surface area (Å²) in [6.45, 7) is 7.40. The van der Waals surface area contributed by atoms with Crippen molar-refractivity contribution in [1.29, 1.82) is 0 Å². The summed E-state index contributed by atoms with van der Waals surface area (Å²) >= 11 is 1.37. The first-order valence-corrected chi connectivity index (χ1v) is 9.53. The largest absolute Gasteiger partial charge is 0.382 e. The number of ether oxygens (including phenoxy) is 1. The number of nitrogens with one attached hydrogen (secondary N) is 1. The van der Waals surface area contributed by atoms with Crippen LogP contribution in [-0.4, -0.2) is 48.0 Å². The molecule has 0 atom stereocenters. The van der Waals surface area contributed by atoms with E-state index in [4.69, 9.17) is 4.74 Å². The van der Waals surface area contributed by atoms with Crippen LogP contribution in [-0.2, 0) is 9.53 Å². The van der Waals surface area contributed by atoms with Gasteiger partial charge < -0.3 is 15.0 Å². The van der Waals surface area contributed by atoms with Gasteiger partial charge in [-0.3, -0.25) is 9.59 Å². The molecule has 2 amide bonds. The fraction of sp³-hybridized carbons (Fsp3) is 0.421. The number of rotatable bonds is 9. The lowest BCUT2D eigenvalue weighted by Gasteiger charge is -2.22. The molecular weight excluding hydrogens is 350 g/mol. The molecule has 0 radical (unpaired) electrons. The van der Waals surface area contributed by atoms with Gasteiger partial charge in [-0.2, -0.15) is 0 Å². The molecule has 0 aliphatic carbocycles. The van der Waals surface area contributed by atoms with E-state index in [0.717, 1.165) is 11.3 Å². The highest BCUT2D eigenvalue weighted by Gasteiger charge is 2.19. The van der Waals surface area contributed by atoms with Crippen LogP contribution in [0.1, 0.15) is 35.0 Å². The summed E-state index contributed by atoms with van der Waals surface area (Å²) in [4.78, 5) is 30.9. The van der Waals surface area contributed by atoms with Gasteiger partial charge in [0.2, 0.25) is 5.91 Å². The van der Waals surface area contributed by atoms with Crippen molar-refractivity contribution >= 4 is 28.3 Å². The average molecular weight is 375 g/mol. The molecule has 1 heterocycles. The van der Waals surface area contributed by atoms with Gasteiger partial charge in [0, 0.05) is 30.7 Å². The smallest absolute Gasteiger partial charge is 0.254 e. The molecule has 6 nitrogen and oxygen atoms in total. The summed E-state index contributed by atoms with van der Waals surface area (Å²) in [5.74, 6) is -0.414. The Morgan fingerprint density at radius 2 is 1.96 bits per heavy atom. The third kappa shape index (κ3) is 6.24. The lowest BCUT2D eigenvalue weighted by Crippen LogP contribution is -2.39. The predicted octanol–water partition coefficient (Wildman–Crippen LogP) is 3.27. The van der Waals surface area contributed by atoms with Crippen LogP contribution in [0.3, 0.4) is 0 Å². The highest BCUT2D eigenvalue weighted by Crippen LogP contribution is 2.14. The van der Waals surface area contributed by atoms with Gasteiger partial charge in [0.1, 0.15) is 6.54 Å². The van der Waals surface area contributed by atoms with Gasteiger partial charge in [0.15, 0.2) is 5.13 Å². The van der Waals surface area contributed by atoms with Crippen molar-refractivity contribution in [2.75, 3.05) is 31.6 Å². The molecule has 2 rings (SSSR count). The van der Waals surface area contributed by atoms with Crippen molar-refractivity contribution in [2.45, 2.75) is 27.2 Å². The van der Waals surface area contributed by atoms with Crippen LogP contribution >= 0.6 is 11.3 Å². The Hall–Kier alpha value is -2.25. The highest BCUT2D eigenvalue weighted by atomic mass is 32.1. The minimum atomic E-state index is -0.253. The first-order valence-electron chi connectivity index (χ1n) is 8.65. The molecular formula is C19H25N3O3S. The van der Waals surface area contributed by atoms with Gasteiger partial charge >= 0.3 is 0 Å². The molecule has 0 spiro atoms. The molecule has 0 unspecified atom stereocenters. The second-order valence-electron chi connectivity index (χ2n) is 5.99. The number of aromatic nitrogens is 1. The van der Waals surface area contributed by atoms with Crippen molar-refractivity contribution in [2.24, 2.45) is 0 Å². The molecule has 2 aromatic rings. The first kappa shape index (κ1) is 20.1. The topological polar surface area (TPSA) is 71.5 Å². The average Bonchev–Trinajstić information content (AvgIpc) is 3.02. The maximum Gasteiger partial charge on any atom is 0.254 e. The van der Waals surface area contributed by atoms with Gasteiger partial charge in [0.25, 0.3) is 5.91 Å². The van der Waals surface area contributed by atoms with E-state index in [9.17, 15) is 9.59 Å². The number of hydrogen-bond donors (Lipinski definition) is 1. The third-order valence-electron chi connectivity index (χ3n) is 3.71. The summed E-state index contributed by atoms with van der Waals surface area (Å²) in [7, 11) is 0. The molecule has 0 aliphatic rings. The molecule has 0 saturated heterocycles. The number of amides is 2. The fourth-order valence-electron chi connectivity index (χ4n) is 2.38. The predicted molar refractivity (Wildman–Crippen MR) is 104 cm³/mol. The van der Waals surface area contributed by atoms with E-state index < -0.39 is 0 Å².